The van der Waals surface area contributed by atoms with E-state index in [9.17, 15) is 5.11 Å². The number of rotatable bonds is 9. The van der Waals surface area contributed by atoms with Gasteiger partial charge in [-0.05, 0) is 30.7 Å². The minimum Gasteiger partial charge on any atom is -1.00 e. The van der Waals surface area contributed by atoms with Crippen LogP contribution in [0.3, 0.4) is 0 Å². The number of nitrogens with one attached hydrogen (secondary N) is 1. The van der Waals surface area contributed by atoms with Gasteiger partial charge >= 0.3 is 5.13 Å². The van der Waals surface area contributed by atoms with Crippen LogP contribution in [0.1, 0.15) is 12.0 Å². The highest BCUT2D eigenvalue weighted by molar-refractivity contribution is 7.22. The van der Waals surface area contributed by atoms with Crippen LogP contribution in [-0.4, -0.2) is 59.6 Å². The number of nitrogens with zero attached hydrogens (tertiary/aromatic N) is 2. The maximum absolute atomic E-state index is 10.6. The Kier molecular flexibility index (Phi) is 8.27. The van der Waals surface area contributed by atoms with Gasteiger partial charge in [-0.2, -0.15) is 0 Å². The first kappa shape index (κ1) is 22.6. The summed E-state index contributed by atoms with van der Waals surface area (Å²) in [5.74, 6) is 0.357. The molecule has 0 saturated carbocycles. The van der Waals surface area contributed by atoms with E-state index in [4.69, 9.17) is 10.2 Å². The van der Waals surface area contributed by atoms with Crippen molar-refractivity contribution in [1.29, 1.82) is 0 Å². The standard InChI is InChI=1S/C20H27N3O3S.ClH/c1-14-18(26)16-7-4-3-6-15(16)17-19(14)27-20(22(17)2)21-8-5-9-23(10-12-24)11-13-25;/h3-4,6-7,24-26H,5,8-13H2,1-2H3;1H. The smallest absolute Gasteiger partial charge is 0.334 e. The van der Waals surface area contributed by atoms with Crippen molar-refractivity contribution in [3.8, 4) is 5.75 Å². The molecule has 0 unspecified atom stereocenters. The van der Waals surface area contributed by atoms with Crippen LogP contribution in [0, 0.1) is 6.92 Å². The highest BCUT2D eigenvalue weighted by Crippen LogP contribution is 2.39. The summed E-state index contributed by atoms with van der Waals surface area (Å²) in [6.45, 7) is 4.97. The molecule has 4 N–H and O–H groups in total. The quantitative estimate of drug-likeness (QED) is 0.261. The van der Waals surface area contributed by atoms with E-state index in [0.717, 1.165) is 51.2 Å². The van der Waals surface area contributed by atoms with Crippen LogP contribution in [0.5, 0.6) is 5.75 Å². The van der Waals surface area contributed by atoms with E-state index < -0.39 is 0 Å². The van der Waals surface area contributed by atoms with E-state index in [-0.39, 0.29) is 25.6 Å². The van der Waals surface area contributed by atoms with Gasteiger partial charge < -0.3 is 27.7 Å². The molecule has 0 amide bonds. The molecule has 28 heavy (non-hydrogen) atoms. The second-order valence-corrected chi connectivity index (χ2v) is 7.73. The fourth-order valence-corrected chi connectivity index (χ4v) is 4.69. The average molecular weight is 426 g/mol. The first-order chi connectivity index (χ1) is 13.1. The first-order valence-corrected chi connectivity index (χ1v) is 10.1. The number of phenolic OH excluding ortho intramolecular Hbond substituents is 1. The summed E-state index contributed by atoms with van der Waals surface area (Å²) in [5, 5.41) is 35.2. The highest BCUT2D eigenvalue weighted by atomic mass is 35.5. The number of thiazole rings is 1. The van der Waals surface area contributed by atoms with Crippen LogP contribution in [0.2, 0.25) is 0 Å². The van der Waals surface area contributed by atoms with Crippen LogP contribution in [0.4, 0.5) is 5.13 Å². The fraction of sp³-hybridized carbons (Fsp3) is 0.450. The topological polar surface area (TPSA) is 79.8 Å². The van der Waals surface area contributed by atoms with Crippen LogP contribution >= 0.6 is 11.3 Å². The lowest BCUT2D eigenvalue weighted by Gasteiger charge is -2.19. The van der Waals surface area contributed by atoms with Gasteiger partial charge in [0.15, 0.2) is 5.52 Å². The third kappa shape index (κ3) is 4.50. The summed E-state index contributed by atoms with van der Waals surface area (Å²) in [5.41, 5.74) is 2.05. The molecule has 0 spiro atoms. The molecule has 0 aliphatic carbocycles. The van der Waals surface area contributed by atoms with Gasteiger partial charge in [0.05, 0.1) is 31.5 Å². The van der Waals surface area contributed by atoms with Crippen molar-refractivity contribution in [3.63, 3.8) is 0 Å². The number of hydrogen-bond acceptors (Lipinski definition) is 6. The number of aromatic hydroxyl groups is 1. The Labute approximate surface area is 175 Å². The number of hydrogen-bond donors (Lipinski definition) is 4. The van der Waals surface area contributed by atoms with Crippen LogP contribution < -0.4 is 22.3 Å². The Morgan fingerprint density at radius 2 is 1.71 bits per heavy atom. The van der Waals surface area contributed by atoms with Crippen LogP contribution in [0.25, 0.3) is 21.0 Å². The van der Waals surface area contributed by atoms with Crippen LogP contribution in [-0.2, 0) is 7.05 Å². The minimum absolute atomic E-state index is 0. The minimum atomic E-state index is 0. The number of aryl methyl sites for hydroxylation is 2. The molecule has 8 heteroatoms. The zero-order valence-corrected chi connectivity index (χ0v) is 17.9. The van der Waals surface area contributed by atoms with E-state index in [1.165, 1.54) is 0 Å². The molecular formula is C20H28ClN3O3S. The fourth-order valence-electron chi connectivity index (χ4n) is 3.50. The predicted octanol–water partition coefficient (Wildman–Crippen LogP) is -1.01. The molecule has 3 aromatic rings. The summed E-state index contributed by atoms with van der Waals surface area (Å²) in [7, 11) is 2.05. The van der Waals surface area contributed by atoms with Crippen molar-refractivity contribution in [3.05, 3.63) is 29.8 Å². The number of aliphatic hydroxyl groups excluding tert-OH is 2. The van der Waals surface area contributed by atoms with E-state index in [1.807, 2.05) is 32.2 Å². The summed E-state index contributed by atoms with van der Waals surface area (Å²) in [6.07, 6.45) is 0.916. The molecule has 0 aliphatic rings. The lowest BCUT2D eigenvalue weighted by Crippen LogP contribution is -3.00. The van der Waals surface area contributed by atoms with E-state index in [0.29, 0.717) is 18.8 Å². The zero-order valence-electron chi connectivity index (χ0n) is 16.3. The molecule has 1 aromatic heterocycles. The Bertz CT molecular complexity index is 926. The number of halogens is 1. The van der Waals surface area contributed by atoms with Crippen molar-refractivity contribution in [1.82, 2.24) is 4.90 Å². The second-order valence-electron chi connectivity index (χ2n) is 6.73. The molecule has 0 aliphatic heterocycles. The number of phenols is 1. The normalized spacial score (nSPS) is 11.3. The number of benzene rings is 2. The van der Waals surface area contributed by atoms with Gasteiger partial charge in [0, 0.05) is 36.0 Å². The van der Waals surface area contributed by atoms with Crippen molar-refractivity contribution >= 4 is 37.5 Å². The van der Waals surface area contributed by atoms with Crippen molar-refractivity contribution in [2.75, 3.05) is 44.7 Å². The van der Waals surface area contributed by atoms with Gasteiger partial charge in [0.1, 0.15) is 5.75 Å². The largest absolute Gasteiger partial charge is 1.00 e. The third-order valence-corrected chi connectivity index (χ3v) is 6.26. The molecule has 154 valence electrons. The van der Waals surface area contributed by atoms with Gasteiger partial charge in [-0.15, -0.1) is 0 Å². The number of anilines is 1. The van der Waals surface area contributed by atoms with Gasteiger partial charge in [-0.1, -0.05) is 18.2 Å². The van der Waals surface area contributed by atoms with Gasteiger partial charge in [0.2, 0.25) is 0 Å². The Balaban J connectivity index is 0.00000280. The summed E-state index contributed by atoms with van der Waals surface area (Å²) in [6, 6.07) is 7.95. The number of aliphatic hydroxyl groups is 2. The predicted molar refractivity (Wildman–Crippen MR) is 111 cm³/mol. The van der Waals surface area contributed by atoms with Gasteiger partial charge in [0.25, 0.3) is 0 Å². The van der Waals surface area contributed by atoms with Gasteiger partial charge in [-0.3, -0.25) is 10.2 Å². The second kappa shape index (κ2) is 10.2. The molecule has 0 saturated heterocycles. The third-order valence-electron chi connectivity index (χ3n) is 4.95. The highest BCUT2D eigenvalue weighted by Gasteiger charge is 2.21. The molecule has 3 rings (SSSR count). The molecular weight excluding hydrogens is 398 g/mol. The lowest BCUT2D eigenvalue weighted by molar-refractivity contribution is -0.625. The SMILES string of the molecule is Cc1c(O)c2ccccc2c2c1sc(NCCCN(CCO)CCO)[n+]2C.[Cl-]. The number of aromatic nitrogens is 1. The molecule has 0 atom stereocenters. The monoisotopic (exact) mass is 425 g/mol. The molecule has 0 radical (unpaired) electrons. The first-order valence-electron chi connectivity index (χ1n) is 9.29. The molecule has 6 nitrogen and oxygen atoms in total. The Morgan fingerprint density at radius 1 is 1.07 bits per heavy atom. The van der Waals surface area contributed by atoms with Crippen molar-refractivity contribution in [2.45, 2.75) is 13.3 Å². The molecule has 0 fully saturated rings. The summed E-state index contributed by atoms with van der Waals surface area (Å²) < 4.78 is 3.26. The average Bonchev–Trinajstić information content (AvgIpc) is 3.00. The zero-order chi connectivity index (χ0) is 19.4. The maximum atomic E-state index is 10.6. The summed E-state index contributed by atoms with van der Waals surface area (Å²) in [4.78, 5) is 2.06. The van der Waals surface area contributed by atoms with E-state index in [2.05, 4.69) is 20.9 Å². The maximum Gasteiger partial charge on any atom is 0.334 e. The van der Waals surface area contributed by atoms with Crippen molar-refractivity contribution in [2.24, 2.45) is 7.05 Å². The Hall–Kier alpha value is -1.64. The number of fused-ring (bicyclic) bond motifs is 3. The van der Waals surface area contributed by atoms with Crippen LogP contribution in [0.15, 0.2) is 24.3 Å². The van der Waals surface area contributed by atoms with Gasteiger partial charge in [-0.25, -0.2) is 4.57 Å². The molecule has 0 bridgehead atoms. The molecule has 2 aromatic carbocycles. The summed E-state index contributed by atoms with van der Waals surface area (Å²) >= 11 is 1.66. The van der Waals surface area contributed by atoms with E-state index in [1.54, 1.807) is 11.3 Å². The van der Waals surface area contributed by atoms with E-state index >= 15 is 0 Å². The Morgan fingerprint density at radius 3 is 2.36 bits per heavy atom. The lowest BCUT2D eigenvalue weighted by atomic mass is 10.0. The molecule has 1 heterocycles. The van der Waals surface area contributed by atoms with Crippen molar-refractivity contribution < 1.29 is 32.3 Å².